The largest absolute Gasteiger partial charge is 0.494 e. The van der Waals surface area contributed by atoms with Gasteiger partial charge < -0.3 is 39.5 Å². The molecule has 5 amide bonds. The summed E-state index contributed by atoms with van der Waals surface area (Å²) in [5, 5.41) is 24.5. The van der Waals surface area contributed by atoms with Crippen LogP contribution in [0.15, 0.2) is 109 Å². The van der Waals surface area contributed by atoms with Gasteiger partial charge in [0.2, 0.25) is 11.8 Å². The molecule has 2 N–H and O–H groups in total. The number of ether oxygens (including phenoxy) is 3. The standard InChI is InChI=1S/C56H53F4N9O8/c1-54(2,3)77-53(74)67(22-24-76-42-13-7-36(8-14-42)38-10-16-48-46(26-38)44(18-20-64-48)52(73)66-32-50(71)69-34-56(59,60)28-40(69)30-62)21-4-23-75-41-11-5-35(6-12-41)37-9-15-47-45(25-37)43(17-19-63-47)51(72)65-31-49(70)68-33-55(57,58)27-39(68)29-61/h5-20,25-26,39-40H,4,21-24,27-28,31-34H2,1-3H3,(H,65,72)(H,66,73)/t39-,40-/m0/s1. The van der Waals surface area contributed by atoms with E-state index in [4.69, 9.17) is 14.2 Å². The Morgan fingerprint density at radius 3 is 1.49 bits per heavy atom. The average molecular weight is 1060 g/mol. The molecule has 0 bridgehead atoms. The number of benzene rings is 4. The van der Waals surface area contributed by atoms with Crippen molar-refractivity contribution in [2.75, 3.05) is 52.5 Å². The van der Waals surface area contributed by atoms with E-state index >= 15 is 0 Å². The predicted octanol–water partition coefficient (Wildman–Crippen LogP) is 8.18. The topological polar surface area (TPSA) is 220 Å². The van der Waals surface area contributed by atoms with Gasteiger partial charge in [-0.15, -0.1) is 0 Å². The molecule has 2 atom stereocenters. The summed E-state index contributed by atoms with van der Waals surface area (Å²) in [4.78, 5) is 77.2. The van der Waals surface area contributed by atoms with E-state index in [1.54, 1.807) is 86.3 Å². The number of amides is 5. The Morgan fingerprint density at radius 1 is 0.636 bits per heavy atom. The first-order valence-electron chi connectivity index (χ1n) is 24.6. The van der Waals surface area contributed by atoms with Crippen LogP contribution in [0.4, 0.5) is 22.4 Å². The van der Waals surface area contributed by atoms with Gasteiger partial charge in [-0.3, -0.25) is 29.1 Å². The zero-order valence-corrected chi connectivity index (χ0v) is 42.2. The Labute approximate surface area is 440 Å². The fraction of sp³-hybridized carbons (Fsp3) is 0.339. The number of carbonyl (C=O) groups excluding carboxylic acids is 5. The molecular weight excluding hydrogens is 1000 g/mol. The highest BCUT2D eigenvalue weighted by Crippen LogP contribution is 2.34. The third-order valence-electron chi connectivity index (χ3n) is 12.7. The number of hydrogen-bond donors (Lipinski definition) is 2. The van der Waals surface area contributed by atoms with Crippen LogP contribution in [0.3, 0.4) is 0 Å². The van der Waals surface area contributed by atoms with Crippen LogP contribution in [-0.2, 0) is 14.3 Å². The first kappa shape index (κ1) is 54.4. The van der Waals surface area contributed by atoms with Crippen molar-refractivity contribution in [3.63, 3.8) is 0 Å². The molecule has 21 heteroatoms. The average Bonchev–Trinajstić information content (AvgIpc) is 3.92. The summed E-state index contributed by atoms with van der Waals surface area (Å²) < 4.78 is 73.4. The van der Waals surface area contributed by atoms with Gasteiger partial charge in [0.25, 0.3) is 23.7 Å². The van der Waals surface area contributed by atoms with Crippen molar-refractivity contribution in [3.8, 4) is 45.9 Å². The van der Waals surface area contributed by atoms with E-state index < -0.39 is 98.3 Å². The second kappa shape index (κ2) is 23.0. The van der Waals surface area contributed by atoms with Crippen LogP contribution in [0.2, 0.25) is 0 Å². The Kier molecular flexibility index (Phi) is 16.2. The molecule has 0 radical (unpaired) electrons. The number of carbonyl (C=O) groups is 5. The van der Waals surface area contributed by atoms with Gasteiger partial charge in [-0.2, -0.15) is 10.5 Å². The fourth-order valence-corrected chi connectivity index (χ4v) is 8.97. The summed E-state index contributed by atoms with van der Waals surface area (Å²) in [7, 11) is 0. The summed E-state index contributed by atoms with van der Waals surface area (Å²) in [6.07, 6.45) is 1.33. The smallest absolute Gasteiger partial charge is 0.410 e. The van der Waals surface area contributed by atoms with E-state index in [0.717, 1.165) is 32.1 Å². The molecule has 4 heterocycles. The number of aromatic nitrogens is 2. The van der Waals surface area contributed by atoms with Crippen LogP contribution in [0, 0.1) is 22.7 Å². The molecule has 2 aliphatic rings. The molecule has 4 aromatic carbocycles. The van der Waals surface area contributed by atoms with Crippen LogP contribution in [-0.4, -0.2) is 136 Å². The maximum atomic E-state index is 13.9. The van der Waals surface area contributed by atoms with Gasteiger partial charge >= 0.3 is 6.09 Å². The molecule has 2 fully saturated rings. The molecule has 2 aliphatic heterocycles. The number of halogens is 4. The maximum absolute atomic E-state index is 13.9. The highest BCUT2D eigenvalue weighted by molar-refractivity contribution is 6.09. The molecule has 6 aromatic rings. The van der Waals surface area contributed by atoms with Gasteiger partial charge in [0, 0.05) is 42.6 Å². The zero-order chi connectivity index (χ0) is 55.1. The van der Waals surface area contributed by atoms with Crippen molar-refractivity contribution in [1.29, 1.82) is 10.5 Å². The molecule has 0 spiro atoms. The molecule has 0 saturated carbocycles. The van der Waals surface area contributed by atoms with Gasteiger partial charge in [-0.25, -0.2) is 22.4 Å². The maximum Gasteiger partial charge on any atom is 0.410 e. The molecule has 398 valence electrons. The SMILES string of the molecule is CC(C)(C)OC(=O)N(CCCOc1ccc(-c2ccc3nccc(C(=O)NCC(=O)N4CC(F)(F)C[C@H]4C#N)c3c2)cc1)CCOc1ccc(-c2ccc3nccc(C(=O)NCC(=O)N4CC(F)(F)C[C@H]4C#N)c3c2)cc1. The predicted molar refractivity (Wildman–Crippen MR) is 274 cm³/mol. The Morgan fingerprint density at radius 2 is 1.06 bits per heavy atom. The number of pyridine rings is 2. The number of fused-ring (bicyclic) bond motifs is 2. The van der Waals surface area contributed by atoms with Crippen LogP contribution in [0.1, 0.15) is 60.7 Å². The van der Waals surface area contributed by atoms with Crippen LogP contribution >= 0.6 is 0 Å². The number of nitrogens with zero attached hydrogens (tertiary/aromatic N) is 7. The monoisotopic (exact) mass is 1060 g/mol. The van der Waals surface area contributed by atoms with Crippen molar-refractivity contribution >= 4 is 51.5 Å². The molecule has 0 aliphatic carbocycles. The number of hydrogen-bond acceptors (Lipinski definition) is 12. The van der Waals surface area contributed by atoms with Crippen LogP contribution in [0.25, 0.3) is 44.1 Å². The van der Waals surface area contributed by atoms with Crippen molar-refractivity contribution in [2.45, 2.75) is 69.6 Å². The summed E-state index contributed by atoms with van der Waals surface area (Å²) in [5.41, 5.74) is 3.83. The molecular formula is C56H53F4N9O8. The molecule has 8 rings (SSSR count). The molecule has 77 heavy (non-hydrogen) atoms. The summed E-state index contributed by atoms with van der Waals surface area (Å²) in [6, 6.07) is 29.1. The minimum atomic E-state index is -3.18. The van der Waals surface area contributed by atoms with Crippen molar-refractivity contribution in [3.05, 3.63) is 121 Å². The highest BCUT2D eigenvalue weighted by Gasteiger charge is 2.48. The quantitative estimate of drug-likeness (QED) is 0.0653. The normalized spacial score (nSPS) is 16.5. The lowest BCUT2D eigenvalue weighted by Crippen LogP contribution is -2.43. The van der Waals surface area contributed by atoms with Crippen LogP contribution < -0.4 is 20.1 Å². The van der Waals surface area contributed by atoms with E-state index in [1.807, 2.05) is 36.4 Å². The minimum absolute atomic E-state index is 0.143. The van der Waals surface area contributed by atoms with Crippen molar-refractivity contribution < 1.29 is 55.7 Å². The third kappa shape index (κ3) is 13.5. The minimum Gasteiger partial charge on any atom is -0.494 e. The first-order valence-corrected chi connectivity index (χ1v) is 24.6. The molecule has 2 saturated heterocycles. The fourth-order valence-electron chi connectivity index (χ4n) is 8.97. The first-order chi connectivity index (χ1) is 36.7. The number of nitrogens with one attached hydrogen (secondary N) is 2. The second-order valence-corrected chi connectivity index (χ2v) is 19.6. The Bertz CT molecular complexity index is 3290. The zero-order valence-electron chi connectivity index (χ0n) is 42.2. The lowest BCUT2D eigenvalue weighted by atomic mass is 10.0. The lowest BCUT2D eigenvalue weighted by Gasteiger charge is -2.27. The summed E-state index contributed by atoms with van der Waals surface area (Å²) >= 11 is 0. The van der Waals surface area contributed by atoms with Crippen molar-refractivity contribution in [1.82, 2.24) is 35.3 Å². The Balaban J connectivity index is 0.830. The molecule has 0 unspecified atom stereocenters. The summed E-state index contributed by atoms with van der Waals surface area (Å²) in [6.45, 7) is 3.34. The lowest BCUT2D eigenvalue weighted by molar-refractivity contribution is -0.132. The van der Waals surface area contributed by atoms with Crippen LogP contribution in [0.5, 0.6) is 11.5 Å². The van der Waals surface area contributed by atoms with Gasteiger partial charge in [0.1, 0.15) is 35.8 Å². The van der Waals surface area contributed by atoms with Gasteiger partial charge in [-0.1, -0.05) is 36.4 Å². The van der Waals surface area contributed by atoms with E-state index in [9.17, 15) is 52.1 Å². The molecule has 2 aromatic heterocycles. The number of rotatable bonds is 17. The number of alkyl halides is 4. The second-order valence-electron chi connectivity index (χ2n) is 19.6. The molecule has 17 nitrogen and oxygen atoms in total. The van der Waals surface area contributed by atoms with Gasteiger partial charge in [-0.05, 0) is 110 Å². The number of nitriles is 2. The number of likely N-dealkylation sites (tertiary alicyclic amines) is 2. The van der Waals surface area contributed by atoms with Gasteiger partial charge in [0.15, 0.2) is 0 Å². The van der Waals surface area contributed by atoms with E-state index in [-0.39, 0.29) is 30.9 Å². The highest BCUT2D eigenvalue weighted by atomic mass is 19.3. The summed E-state index contributed by atoms with van der Waals surface area (Å²) in [5.74, 6) is -8.04. The Hall–Kier alpha value is -8.85. The van der Waals surface area contributed by atoms with E-state index in [2.05, 4.69) is 20.6 Å². The van der Waals surface area contributed by atoms with E-state index in [0.29, 0.717) is 46.3 Å². The third-order valence-corrected chi connectivity index (χ3v) is 12.7. The van der Waals surface area contributed by atoms with E-state index in [1.165, 1.54) is 24.5 Å². The van der Waals surface area contributed by atoms with Crippen molar-refractivity contribution in [2.24, 2.45) is 0 Å². The van der Waals surface area contributed by atoms with Gasteiger partial charge in [0.05, 0.1) is 73.6 Å².